The normalized spacial score (nSPS) is 24.2. The zero-order valence-corrected chi connectivity index (χ0v) is 14.6. The van der Waals surface area contributed by atoms with Gasteiger partial charge in [-0.25, -0.2) is 0 Å². The van der Waals surface area contributed by atoms with Crippen molar-refractivity contribution < 1.29 is 30.5 Å². The topological polar surface area (TPSA) is 55.8 Å². The van der Waals surface area contributed by atoms with Gasteiger partial charge in [0.25, 0.3) is 0 Å². The zero-order valence-electron chi connectivity index (χ0n) is 13.8. The maximum Gasteiger partial charge on any atom is 0.534 e. The van der Waals surface area contributed by atoms with Crippen molar-refractivity contribution in [3.05, 3.63) is 23.8 Å². The molecule has 2 aliphatic heterocycles. The fourth-order valence-electron chi connectivity index (χ4n) is 3.62. The SMILES string of the molecule is CCCN1CCC[C@@H]2c3cc(OS(=O)(=O)C(F)(F)F)ccc3OC[C@H]21. The quantitative estimate of drug-likeness (QED) is 0.594. The Bertz CT molecular complexity index is 733. The third-order valence-electron chi connectivity index (χ3n) is 4.68. The molecule has 5 nitrogen and oxygen atoms in total. The summed E-state index contributed by atoms with van der Waals surface area (Å²) in [7, 11) is -5.68. The first kappa shape index (κ1) is 18.3. The highest BCUT2D eigenvalue weighted by atomic mass is 32.2. The molecule has 3 rings (SSSR count). The summed E-state index contributed by atoms with van der Waals surface area (Å²) in [5.74, 6) is 0.338. The van der Waals surface area contributed by atoms with Gasteiger partial charge in [0, 0.05) is 11.5 Å². The number of hydrogen-bond donors (Lipinski definition) is 0. The van der Waals surface area contributed by atoms with Gasteiger partial charge < -0.3 is 8.92 Å². The van der Waals surface area contributed by atoms with Crippen LogP contribution in [0.3, 0.4) is 0 Å². The van der Waals surface area contributed by atoms with Crippen LogP contribution >= 0.6 is 0 Å². The van der Waals surface area contributed by atoms with E-state index in [1.807, 2.05) is 0 Å². The van der Waals surface area contributed by atoms with Crippen molar-refractivity contribution in [1.82, 2.24) is 4.90 Å². The van der Waals surface area contributed by atoms with Gasteiger partial charge in [0.15, 0.2) is 0 Å². The zero-order chi connectivity index (χ0) is 18.2. The van der Waals surface area contributed by atoms with Crippen LogP contribution in [0.15, 0.2) is 18.2 Å². The lowest BCUT2D eigenvalue weighted by Gasteiger charge is -2.44. The summed E-state index contributed by atoms with van der Waals surface area (Å²) >= 11 is 0. The third kappa shape index (κ3) is 3.57. The third-order valence-corrected chi connectivity index (χ3v) is 5.66. The number of nitrogens with zero attached hydrogens (tertiary/aromatic N) is 1. The summed E-state index contributed by atoms with van der Waals surface area (Å²) in [5, 5.41) is 0. The second-order valence-electron chi connectivity index (χ2n) is 6.35. The van der Waals surface area contributed by atoms with E-state index < -0.39 is 15.6 Å². The molecule has 0 amide bonds. The van der Waals surface area contributed by atoms with Crippen molar-refractivity contribution in [3.63, 3.8) is 0 Å². The molecule has 0 saturated carbocycles. The first-order valence-electron chi connectivity index (χ1n) is 8.24. The number of alkyl halides is 3. The highest BCUT2D eigenvalue weighted by Crippen LogP contribution is 2.43. The van der Waals surface area contributed by atoms with Gasteiger partial charge >= 0.3 is 15.6 Å². The number of likely N-dealkylation sites (tertiary alicyclic amines) is 1. The average Bonchev–Trinajstić information content (AvgIpc) is 2.54. The van der Waals surface area contributed by atoms with Crippen molar-refractivity contribution in [2.24, 2.45) is 0 Å². The van der Waals surface area contributed by atoms with E-state index >= 15 is 0 Å². The molecule has 1 aromatic carbocycles. The minimum atomic E-state index is -5.68. The maximum atomic E-state index is 12.5. The van der Waals surface area contributed by atoms with Crippen molar-refractivity contribution in [2.75, 3.05) is 19.7 Å². The number of ether oxygens (including phenoxy) is 1. The molecule has 0 unspecified atom stereocenters. The summed E-state index contributed by atoms with van der Waals surface area (Å²) in [6, 6.07) is 4.18. The summed E-state index contributed by atoms with van der Waals surface area (Å²) in [6.45, 7) is 4.51. The number of hydrogen-bond acceptors (Lipinski definition) is 5. The molecule has 0 bridgehead atoms. The first-order chi connectivity index (χ1) is 11.7. The molecule has 1 fully saturated rings. The average molecular weight is 379 g/mol. The van der Waals surface area contributed by atoms with Gasteiger partial charge in [-0.2, -0.15) is 21.6 Å². The van der Waals surface area contributed by atoms with E-state index in [2.05, 4.69) is 16.0 Å². The largest absolute Gasteiger partial charge is 0.534 e. The summed E-state index contributed by atoms with van der Waals surface area (Å²) in [5.41, 5.74) is -4.74. The van der Waals surface area contributed by atoms with Crippen LogP contribution in [-0.2, 0) is 10.1 Å². The van der Waals surface area contributed by atoms with Crippen molar-refractivity contribution >= 4 is 10.1 Å². The standard InChI is InChI=1S/C16H20F3NO4S/c1-2-7-20-8-3-4-12-13-9-11(24-25(21,22)16(17,18)19)5-6-15(13)23-10-14(12)20/h5-6,9,12,14H,2-4,7-8,10H2,1H3/t12-,14-/m1/s1. The van der Waals surface area contributed by atoms with E-state index in [0.29, 0.717) is 17.9 Å². The van der Waals surface area contributed by atoms with Gasteiger partial charge in [-0.1, -0.05) is 6.92 Å². The molecule has 2 heterocycles. The Labute approximate surface area is 144 Å². The predicted octanol–water partition coefficient (Wildman–Crippen LogP) is 3.27. The molecule has 9 heteroatoms. The molecular weight excluding hydrogens is 359 g/mol. The lowest BCUT2D eigenvalue weighted by atomic mass is 9.81. The highest BCUT2D eigenvalue weighted by Gasteiger charge is 2.48. The number of rotatable bonds is 4. The Hall–Kier alpha value is -1.48. The molecule has 140 valence electrons. The van der Waals surface area contributed by atoms with Gasteiger partial charge in [-0.15, -0.1) is 0 Å². The van der Waals surface area contributed by atoms with Crippen LogP contribution in [0.4, 0.5) is 13.2 Å². The second kappa shape index (κ2) is 6.68. The maximum absolute atomic E-state index is 12.5. The lowest BCUT2D eigenvalue weighted by Crippen LogP contribution is -2.49. The molecule has 0 N–H and O–H groups in total. The van der Waals surface area contributed by atoms with E-state index in [-0.39, 0.29) is 17.7 Å². The number of piperidine rings is 1. The van der Waals surface area contributed by atoms with Gasteiger partial charge in [0.1, 0.15) is 18.1 Å². The Morgan fingerprint density at radius 3 is 2.80 bits per heavy atom. The first-order valence-corrected chi connectivity index (χ1v) is 9.65. The Morgan fingerprint density at radius 1 is 1.36 bits per heavy atom. The lowest BCUT2D eigenvalue weighted by molar-refractivity contribution is -0.0500. The van der Waals surface area contributed by atoms with Crippen molar-refractivity contribution in [2.45, 2.75) is 43.7 Å². The van der Waals surface area contributed by atoms with E-state index in [4.69, 9.17) is 4.74 Å². The predicted molar refractivity (Wildman–Crippen MR) is 85.2 cm³/mol. The van der Waals surface area contributed by atoms with E-state index in [0.717, 1.165) is 32.4 Å². The van der Waals surface area contributed by atoms with Crippen LogP contribution in [0, 0.1) is 0 Å². The fourth-order valence-corrected chi connectivity index (χ4v) is 4.08. The summed E-state index contributed by atoms with van der Waals surface area (Å²) < 4.78 is 70.0. The van der Waals surface area contributed by atoms with Crippen LogP contribution in [0.1, 0.15) is 37.7 Å². The number of halogens is 3. The van der Waals surface area contributed by atoms with E-state index in [1.165, 1.54) is 18.2 Å². The van der Waals surface area contributed by atoms with Gasteiger partial charge in [-0.3, -0.25) is 4.90 Å². The molecule has 2 aliphatic rings. The smallest absolute Gasteiger partial charge is 0.492 e. The Morgan fingerprint density at radius 2 is 2.12 bits per heavy atom. The van der Waals surface area contributed by atoms with Crippen molar-refractivity contribution in [3.8, 4) is 11.5 Å². The minimum Gasteiger partial charge on any atom is -0.492 e. The monoisotopic (exact) mass is 379 g/mol. The van der Waals surface area contributed by atoms with Crippen LogP contribution in [0.5, 0.6) is 11.5 Å². The Kier molecular flexibility index (Phi) is 4.89. The molecule has 0 spiro atoms. The molecule has 0 aliphatic carbocycles. The van der Waals surface area contributed by atoms with E-state index in [9.17, 15) is 21.6 Å². The van der Waals surface area contributed by atoms with Crippen LogP contribution < -0.4 is 8.92 Å². The molecule has 1 saturated heterocycles. The molecule has 2 atom stereocenters. The molecule has 0 aromatic heterocycles. The van der Waals surface area contributed by atoms with Gasteiger partial charge in [0.2, 0.25) is 0 Å². The summed E-state index contributed by atoms with van der Waals surface area (Å²) in [4.78, 5) is 2.33. The van der Waals surface area contributed by atoms with Crippen molar-refractivity contribution in [1.29, 1.82) is 0 Å². The molecule has 1 aromatic rings. The number of benzene rings is 1. The molecule has 0 radical (unpaired) electrons. The molecule has 25 heavy (non-hydrogen) atoms. The van der Waals surface area contributed by atoms with Crippen LogP contribution in [0.25, 0.3) is 0 Å². The molecular formula is C16H20F3NO4S. The van der Waals surface area contributed by atoms with Gasteiger partial charge in [0.05, 0.1) is 6.04 Å². The highest BCUT2D eigenvalue weighted by molar-refractivity contribution is 7.88. The second-order valence-corrected chi connectivity index (χ2v) is 7.88. The van der Waals surface area contributed by atoms with Gasteiger partial charge in [-0.05, 0) is 50.6 Å². The summed E-state index contributed by atoms with van der Waals surface area (Å²) in [6.07, 6.45) is 2.87. The fraction of sp³-hybridized carbons (Fsp3) is 0.625. The Balaban J connectivity index is 1.88. The number of fused-ring (bicyclic) bond motifs is 3. The van der Waals surface area contributed by atoms with Crippen LogP contribution in [0.2, 0.25) is 0 Å². The van der Waals surface area contributed by atoms with Crippen LogP contribution in [-0.4, -0.2) is 44.6 Å². The van der Waals surface area contributed by atoms with E-state index in [1.54, 1.807) is 0 Å². The minimum absolute atomic E-state index is 0.0983.